The van der Waals surface area contributed by atoms with Crippen molar-refractivity contribution in [2.75, 3.05) is 40.0 Å². The van der Waals surface area contributed by atoms with Crippen LogP contribution in [0.2, 0.25) is 0 Å². The molecule has 2 saturated heterocycles. The van der Waals surface area contributed by atoms with Gasteiger partial charge in [-0.25, -0.2) is 4.98 Å². The Morgan fingerprint density at radius 3 is 2.96 bits per heavy atom. The Hall–Kier alpha value is -1.69. The minimum atomic E-state index is 0.267. The van der Waals surface area contributed by atoms with Crippen LogP contribution in [0.1, 0.15) is 25.0 Å². The van der Waals surface area contributed by atoms with Crippen molar-refractivity contribution in [3.05, 3.63) is 36.0 Å². The highest BCUT2D eigenvalue weighted by Crippen LogP contribution is 2.27. The van der Waals surface area contributed by atoms with Crippen LogP contribution in [0.25, 0.3) is 10.9 Å². The number of methoxy groups -OCH3 is 1. The number of fused-ring (bicyclic) bond motifs is 1. The molecule has 2 fully saturated rings. The van der Waals surface area contributed by atoms with Gasteiger partial charge in [0.2, 0.25) is 0 Å². The number of rotatable bonds is 5. The number of para-hydroxylation sites is 1. The van der Waals surface area contributed by atoms with Crippen LogP contribution in [-0.4, -0.2) is 62.0 Å². The third kappa shape index (κ3) is 4.17. The van der Waals surface area contributed by atoms with Crippen LogP contribution in [0.15, 0.2) is 30.3 Å². The standard InChI is InChI=1S/C21H28N2O3/c1-24-20-5-2-4-16-6-7-17(22-21(16)20)14-18-8-9-19(26-18)15-23-10-3-12-25-13-11-23/h2,4-7,18-19H,3,8-15H2,1H3/t18-,19+/m0/s1. The summed E-state index contributed by atoms with van der Waals surface area (Å²) in [5.41, 5.74) is 2.02. The van der Waals surface area contributed by atoms with Crippen LogP contribution < -0.4 is 4.74 Å². The summed E-state index contributed by atoms with van der Waals surface area (Å²) >= 11 is 0. The van der Waals surface area contributed by atoms with E-state index in [2.05, 4.69) is 23.1 Å². The van der Waals surface area contributed by atoms with Gasteiger partial charge in [0.15, 0.2) is 0 Å². The number of nitrogens with zero attached hydrogens (tertiary/aromatic N) is 2. The Morgan fingerprint density at radius 2 is 2.04 bits per heavy atom. The number of ether oxygens (including phenoxy) is 3. The average Bonchev–Trinajstić information content (AvgIpc) is 2.93. The van der Waals surface area contributed by atoms with E-state index in [4.69, 9.17) is 19.2 Å². The van der Waals surface area contributed by atoms with Gasteiger partial charge in [-0.3, -0.25) is 4.90 Å². The molecule has 0 radical (unpaired) electrons. The number of pyridine rings is 1. The highest BCUT2D eigenvalue weighted by Gasteiger charge is 2.27. The third-order valence-corrected chi connectivity index (χ3v) is 5.37. The molecular formula is C21H28N2O3. The molecule has 0 N–H and O–H groups in total. The molecule has 1 aromatic heterocycles. The smallest absolute Gasteiger partial charge is 0.145 e. The van der Waals surface area contributed by atoms with Crippen molar-refractivity contribution < 1.29 is 14.2 Å². The molecule has 0 amide bonds. The van der Waals surface area contributed by atoms with Gasteiger partial charge >= 0.3 is 0 Å². The van der Waals surface area contributed by atoms with Crippen LogP contribution >= 0.6 is 0 Å². The Morgan fingerprint density at radius 1 is 1.12 bits per heavy atom. The third-order valence-electron chi connectivity index (χ3n) is 5.37. The molecular weight excluding hydrogens is 328 g/mol. The Balaban J connectivity index is 1.36. The van der Waals surface area contributed by atoms with E-state index in [-0.39, 0.29) is 6.10 Å². The van der Waals surface area contributed by atoms with Crippen LogP contribution in [0.4, 0.5) is 0 Å². The molecule has 0 bridgehead atoms. The Kier molecular flexibility index (Phi) is 5.68. The van der Waals surface area contributed by atoms with Crippen LogP contribution in [0.3, 0.4) is 0 Å². The van der Waals surface area contributed by atoms with E-state index < -0.39 is 0 Å². The maximum atomic E-state index is 6.32. The SMILES string of the molecule is COc1cccc2ccc(C[C@@H]3CC[C@H](CN4CCCOCC4)O3)nc12. The summed E-state index contributed by atoms with van der Waals surface area (Å²) in [6, 6.07) is 10.3. The molecule has 5 heteroatoms. The van der Waals surface area contributed by atoms with Crippen molar-refractivity contribution >= 4 is 10.9 Å². The van der Waals surface area contributed by atoms with E-state index in [1.165, 1.54) is 0 Å². The lowest BCUT2D eigenvalue weighted by atomic mass is 10.1. The summed E-state index contributed by atoms with van der Waals surface area (Å²) in [5, 5.41) is 1.11. The second kappa shape index (κ2) is 8.33. The van der Waals surface area contributed by atoms with Crippen molar-refractivity contribution in [1.82, 2.24) is 9.88 Å². The van der Waals surface area contributed by atoms with Crippen molar-refractivity contribution in [3.8, 4) is 5.75 Å². The summed E-state index contributed by atoms with van der Waals surface area (Å²) < 4.78 is 17.3. The zero-order chi connectivity index (χ0) is 17.8. The molecule has 0 saturated carbocycles. The van der Waals surface area contributed by atoms with Gasteiger partial charge in [-0.15, -0.1) is 0 Å². The Bertz CT molecular complexity index is 728. The van der Waals surface area contributed by atoms with Gasteiger partial charge in [0.1, 0.15) is 11.3 Å². The fraction of sp³-hybridized carbons (Fsp3) is 0.571. The quantitative estimate of drug-likeness (QED) is 0.824. The predicted molar refractivity (Wildman–Crippen MR) is 102 cm³/mol. The fourth-order valence-electron chi connectivity index (χ4n) is 4.00. The minimum Gasteiger partial charge on any atom is -0.494 e. The second-order valence-electron chi connectivity index (χ2n) is 7.26. The zero-order valence-electron chi connectivity index (χ0n) is 15.5. The Labute approximate surface area is 155 Å². The monoisotopic (exact) mass is 356 g/mol. The van der Waals surface area contributed by atoms with Crippen LogP contribution in [0, 0.1) is 0 Å². The first-order chi connectivity index (χ1) is 12.8. The number of hydrogen-bond donors (Lipinski definition) is 0. The lowest BCUT2D eigenvalue weighted by molar-refractivity contribution is 0.0224. The van der Waals surface area contributed by atoms with Crippen LogP contribution in [-0.2, 0) is 15.9 Å². The molecule has 4 rings (SSSR count). The van der Waals surface area contributed by atoms with Crippen molar-refractivity contribution in [2.24, 2.45) is 0 Å². The highest BCUT2D eigenvalue weighted by molar-refractivity contribution is 5.84. The average molecular weight is 356 g/mol. The van der Waals surface area contributed by atoms with Crippen molar-refractivity contribution in [3.63, 3.8) is 0 Å². The molecule has 1 aromatic carbocycles. The molecule has 2 atom stereocenters. The molecule has 0 unspecified atom stereocenters. The number of benzene rings is 1. The maximum Gasteiger partial charge on any atom is 0.145 e. The van der Waals surface area contributed by atoms with E-state index >= 15 is 0 Å². The van der Waals surface area contributed by atoms with Gasteiger partial charge in [0.05, 0.1) is 25.9 Å². The molecule has 2 aromatic rings. The summed E-state index contributed by atoms with van der Waals surface area (Å²) in [6.45, 7) is 4.91. The lowest BCUT2D eigenvalue weighted by Gasteiger charge is -2.23. The molecule has 2 aliphatic heterocycles. The van der Waals surface area contributed by atoms with E-state index in [1.54, 1.807) is 7.11 Å². The van der Waals surface area contributed by atoms with E-state index in [1.807, 2.05) is 12.1 Å². The number of hydrogen-bond acceptors (Lipinski definition) is 5. The molecule has 5 nitrogen and oxygen atoms in total. The summed E-state index contributed by atoms with van der Waals surface area (Å²) in [6.07, 6.45) is 4.85. The van der Waals surface area contributed by atoms with Gasteiger partial charge in [-0.05, 0) is 31.4 Å². The number of aromatic nitrogens is 1. The normalized spacial score (nSPS) is 24.7. The summed E-state index contributed by atoms with van der Waals surface area (Å²) in [5.74, 6) is 0.831. The summed E-state index contributed by atoms with van der Waals surface area (Å²) in [4.78, 5) is 7.32. The van der Waals surface area contributed by atoms with Crippen molar-refractivity contribution in [1.29, 1.82) is 0 Å². The van der Waals surface area contributed by atoms with Crippen molar-refractivity contribution in [2.45, 2.75) is 37.9 Å². The van der Waals surface area contributed by atoms with E-state index in [0.717, 1.165) is 80.9 Å². The highest BCUT2D eigenvalue weighted by atomic mass is 16.5. The predicted octanol–water partition coefficient (Wildman–Crippen LogP) is 3.06. The molecule has 0 aliphatic carbocycles. The fourth-order valence-corrected chi connectivity index (χ4v) is 4.00. The van der Waals surface area contributed by atoms with E-state index in [9.17, 15) is 0 Å². The van der Waals surface area contributed by atoms with Gasteiger partial charge in [0, 0.05) is 43.7 Å². The first kappa shape index (κ1) is 17.7. The lowest BCUT2D eigenvalue weighted by Crippen LogP contribution is -2.34. The first-order valence-corrected chi connectivity index (χ1v) is 9.70. The van der Waals surface area contributed by atoms with Gasteiger partial charge in [-0.1, -0.05) is 18.2 Å². The topological polar surface area (TPSA) is 43.8 Å². The van der Waals surface area contributed by atoms with Gasteiger partial charge in [-0.2, -0.15) is 0 Å². The molecule has 0 spiro atoms. The zero-order valence-corrected chi connectivity index (χ0v) is 15.5. The molecule has 3 heterocycles. The summed E-state index contributed by atoms with van der Waals surface area (Å²) in [7, 11) is 1.70. The second-order valence-corrected chi connectivity index (χ2v) is 7.26. The molecule has 26 heavy (non-hydrogen) atoms. The molecule has 140 valence electrons. The maximum absolute atomic E-state index is 6.32. The van der Waals surface area contributed by atoms with Gasteiger partial charge < -0.3 is 14.2 Å². The van der Waals surface area contributed by atoms with Gasteiger partial charge in [0.25, 0.3) is 0 Å². The molecule has 2 aliphatic rings. The minimum absolute atomic E-state index is 0.267. The first-order valence-electron chi connectivity index (χ1n) is 9.70. The largest absolute Gasteiger partial charge is 0.494 e. The van der Waals surface area contributed by atoms with Crippen LogP contribution in [0.5, 0.6) is 5.75 Å². The van der Waals surface area contributed by atoms with E-state index in [0.29, 0.717) is 6.10 Å².